The maximum Gasteiger partial charge on any atom is 0.160 e. The van der Waals surface area contributed by atoms with Crippen LogP contribution in [0.2, 0.25) is 0 Å². The molecule has 2 aromatic heterocycles. The Kier molecular flexibility index (Phi) is 10.4. The van der Waals surface area contributed by atoms with Crippen molar-refractivity contribution in [2.24, 2.45) is 4.99 Å². The highest BCUT2D eigenvalue weighted by atomic mass is 14.9. The topological polar surface area (TPSA) is 51.0 Å². The second-order valence-electron chi connectivity index (χ2n) is 11.0. The van der Waals surface area contributed by atoms with E-state index in [1.807, 2.05) is 70.2 Å². The van der Waals surface area contributed by atoms with Crippen molar-refractivity contribution in [3.63, 3.8) is 0 Å². The molecule has 0 aliphatic carbocycles. The van der Waals surface area contributed by atoms with Crippen molar-refractivity contribution in [3.05, 3.63) is 162 Å². The van der Waals surface area contributed by atoms with Crippen LogP contribution in [0.15, 0.2) is 133 Å². The van der Waals surface area contributed by atoms with Crippen LogP contribution in [-0.2, 0) is 0 Å². The molecular formula is C43H40N4. The highest BCUT2D eigenvalue weighted by Gasteiger charge is 2.14. The summed E-state index contributed by atoms with van der Waals surface area (Å²) in [6, 6.07) is 37.4. The summed E-state index contributed by atoms with van der Waals surface area (Å²) in [6.07, 6.45) is 5.67. The van der Waals surface area contributed by atoms with Crippen molar-refractivity contribution >= 4 is 40.2 Å². The van der Waals surface area contributed by atoms with Crippen molar-refractivity contribution in [2.45, 2.75) is 34.6 Å². The first-order chi connectivity index (χ1) is 22.9. The van der Waals surface area contributed by atoms with Gasteiger partial charge in [-0.25, -0.2) is 19.9 Å². The maximum absolute atomic E-state index is 5.05. The summed E-state index contributed by atoms with van der Waals surface area (Å²) in [6.45, 7) is 18.0. The first-order valence-electron chi connectivity index (χ1n) is 16.0. The maximum atomic E-state index is 5.05. The number of hydrogen-bond donors (Lipinski definition) is 0. The molecule has 0 radical (unpaired) electrons. The van der Waals surface area contributed by atoms with Gasteiger partial charge < -0.3 is 0 Å². The van der Waals surface area contributed by atoms with Gasteiger partial charge in [0.2, 0.25) is 0 Å². The zero-order valence-corrected chi connectivity index (χ0v) is 27.8. The van der Waals surface area contributed by atoms with Gasteiger partial charge in [-0.15, -0.1) is 0 Å². The van der Waals surface area contributed by atoms with Gasteiger partial charge in [0.15, 0.2) is 11.6 Å². The predicted molar refractivity (Wildman–Crippen MR) is 202 cm³/mol. The summed E-state index contributed by atoms with van der Waals surface area (Å²) < 4.78 is 0. The first-order valence-corrected chi connectivity index (χ1v) is 16.0. The van der Waals surface area contributed by atoms with E-state index in [9.17, 15) is 0 Å². The molecule has 0 bridgehead atoms. The van der Waals surface area contributed by atoms with Gasteiger partial charge >= 0.3 is 0 Å². The molecule has 6 rings (SSSR count). The van der Waals surface area contributed by atoms with Crippen LogP contribution in [0, 0.1) is 13.8 Å². The lowest BCUT2D eigenvalue weighted by atomic mass is 9.92. The van der Waals surface area contributed by atoms with Gasteiger partial charge in [0.25, 0.3) is 0 Å². The van der Waals surface area contributed by atoms with Crippen LogP contribution < -0.4 is 0 Å². The molecule has 0 fully saturated rings. The van der Waals surface area contributed by atoms with Crippen LogP contribution in [0.1, 0.15) is 54.3 Å². The van der Waals surface area contributed by atoms with Gasteiger partial charge in [-0.1, -0.05) is 130 Å². The molecule has 0 saturated heterocycles. The van der Waals surface area contributed by atoms with Gasteiger partial charge in [-0.2, -0.15) is 0 Å². The largest absolute Gasteiger partial charge is 0.234 e. The van der Waals surface area contributed by atoms with E-state index >= 15 is 0 Å². The number of aryl methyl sites for hydroxylation is 2. The molecule has 6 aromatic rings. The third-order valence-electron chi connectivity index (χ3n) is 7.84. The van der Waals surface area contributed by atoms with Crippen LogP contribution >= 0.6 is 0 Å². The molecule has 0 N–H and O–H groups in total. The molecule has 4 heteroatoms. The molecule has 0 amide bonds. The smallest absolute Gasteiger partial charge is 0.160 e. The van der Waals surface area contributed by atoms with Gasteiger partial charge in [0, 0.05) is 22.2 Å². The molecule has 232 valence electrons. The molecule has 4 aromatic carbocycles. The van der Waals surface area contributed by atoms with Gasteiger partial charge in [-0.3, -0.25) is 0 Å². The van der Waals surface area contributed by atoms with Crippen molar-refractivity contribution in [3.8, 4) is 22.6 Å². The summed E-state index contributed by atoms with van der Waals surface area (Å²) in [5.74, 6) is 1.37. The number of allylic oxidation sites excluding steroid dienone is 1. The molecule has 2 heterocycles. The number of para-hydroxylation sites is 1. The van der Waals surface area contributed by atoms with E-state index in [2.05, 4.69) is 92.9 Å². The molecule has 0 saturated carbocycles. The number of benzene rings is 4. The Hall–Kier alpha value is -5.74. The van der Waals surface area contributed by atoms with Crippen molar-refractivity contribution < 1.29 is 0 Å². The SMILES string of the molecule is C=Cc1cc(C)c(N=C(C)/C=C(/c2ccc(-c3nc(-c4ccccc4)c4ccccc4n3)cc2)c2ccccc2C)nc1C=C.CC. The third-order valence-corrected chi connectivity index (χ3v) is 7.84. The van der Waals surface area contributed by atoms with E-state index in [4.69, 9.17) is 19.9 Å². The fourth-order valence-electron chi connectivity index (χ4n) is 5.50. The molecule has 4 nitrogen and oxygen atoms in total. The minimum absolute atomic E-state index is 0.673. The Morgan fingerprint density at radius 1 is 0.681 bits per heavy atom. The van der Waals surface area contributed by atoms with Crippen molar-refractivity contribution in [2.75, 3.05) is 0 Å². The monoisotopic (exact) mass is 612 g/mol. The Labute approximate surface area is 278 Å². The Balaban J connectivity index is 0.00000213. The van der Waals surface area contributed by atoms with Crippen LogP contribution in [-0.4, -0.2) is 20.7 Å². The minimum atomic E-state index is 0.673. The molecule has 0 aliphatic rings. The van der Waals surface area contributed by atoms with E-state index in [1.54, 1.807) is 12.2 Å². The van der Waals surface area contributed by atoms with Crippen LogP contribution in [0.3, 0.4) is 0 Å². The number of aliphatic imine (C=N–C) groups is 1. The Bertz CT molecular complexity index is 2100. The van der Waals surface area contributed by atoms with E-state index < -0.39 is 0 Å². The second kappa shape index (κ2) is 15.0. The fraction of sp³-hybridized carbons (Fsp3) is 0.116. The van der Waals surface area contributed by atoms with Gasteiger partial charge in [0.1, 0.15) is 0 Å². The zero-order chi connectivity index (χ0) is 33.3. The average molecular weight is 613 g/mol. The molecule has 0 spiro atoms. The highest BCUT2D eigenvalue weighted by molar-refractivity contribution is 6.04. The van der Waals surface area contributed by atoms with Crippen molar-refractivity contribution in [1.82, 2.24) is 15.0 Å². The van der Waals surface area contributed by atoms with E-state index in [0.717, 1.165) is 67.0 Å². The van der Waals surface area contributed by atoms with Crippen LogP contribution in [0.4, 0.5) is 5.82 Å². The van der Waals surface area contributed by atoms with E-state index in [0.29, 0.717) is 11.6 Å². The Morgan fingerprint density at radius 3 is 2.06 bits per heavy atom. The van der Waals surface area contributed by atoms with Crippen LogP contribution in [0.5, 0.6) is 0 Å². The number of hydrogen-bond acceptors (Lipinski definition) is 4. The fourth-order valence-corrected chi connectivity index (χ4v) is 5.50. The summed E-state index contributed by atoms with van der Waals surface area (Å²) >= 11 is 0. The Morgan fingerprint density at radius 2 is 1.36 bits per heavy atom. The summed E-state index contributed by atoms with van der Waals surface area (Å²) in [4.78, 5) is 19.7. The minimum Gasteiger partial charge on any atom is -0.234 e. The first kappa shape index (κ1) is 32.6. The molecule has 0 aliphatic heterocycles. The summed E-state index contributed by atoms with van der Waals surface area (Å²) in [7, 11) is 0. The number of nitrogens with zero attached hydrogens (tertiary/aromatic N) is 4. The number of pyridine rings is 1. The lowest BCUT2D eigenvalue weighted by molar-refractivity contribution is 1.20. The average Bonchev–Trinajstić information content (AvgIpc) is 3.12. The highest BCUT2D eigenvalue weighted by Crippen LogP contribution is 2.32. The molecular weight excluding hydrogens is 573 g/mol. The molecule has 47 heavy (non-hydrogen) atoms. The molecule has 0 unspecified atom stereocenters. The second-order valence-corrected chi connectivity index (χ2v) is 11.0. The lowest BCUT2D eigenvalue weighted by Crippen LogP contribution is -1.98. The predicted octanol–water partition coefficient (Wildman–Crippen LogP) is 11.5. The third kappa shape index (κ3) is 7.23. The number of aromatic nitrogens is 3. The van der Waals surface area contributed by atoms with Gasteiger partial charge in [-0.05, 0) is 78.4 Å². The summed E-state index contributed by atoms with van der Waals surface area (Å²) in [5.41, 5.74) is 11.9. The summed E-state index contributed by atoms with van der Waals surface area (Å²) in [5, 5.41) is 1.03. The van der Waals surface area contributed by atoms with E-state index in [-0.39, 0.29) is 0 Å². The number of rotatable bonds is 8. The van der Waals surface area contributed by atoms with E-state index in [1.165, 1.54) is 5.56 Å². The van der Waals surface area contributed by atoms with Crippen LogP contribution in [0.25, 0.3) is 51.3 Å². The quantitative estimate of drug-likeness (QED) is 0.161. The lowest BCUT2D eigenvalue weighted by Gasteiger charge is -2.13. The standard InChI is InChI=1S/C41H34N4.C2H6/c1-6-30-25-28(4)40(43-37(30)7-2)42-29(5)26-36(34-18-12-11-15-27(34)3)31-21-23-33(24-22-31)41-44-38-20-14-13-19-35(38)39(45-41)32-16-9-8-10-17-32;1-2/h6-26H,1-2H2,3-5H3;1-2H3/b36-26-,42-29?;. The number of fused-ring (bicyclic) bond motifs is 1. The van der Waals surface area contributed by atoms with Crippen molar-refractivity contribution in [1.29, 1.82) is 0 Å². The zero-order valence-electron chi connectivity index (χ0n) is 27.8. The normalized spacial score (nSPS) is 11.5. The van der Waals surface area contributed by atoms with Gasteiger partial charge in [0.05, 0.1) is 16.9 Å². The molecule has 0 atom stereocenters.